The Balaban J connectivity index is 0.000000215. The molecule has 2 saturated heterocycles. The van der Waals surface area contributed by atoms with Crippen LogP contribution in [-0.2, 0) is 9.53 Å². The molecule has 2 aromatic carbocycles. The molecule has 2 heterocycles. The Kier molecular flexibility index (Phi) is 9.34. The van der Waals surface area contributed by atoms with Crippen molar-refractivity contribution in [2.45, 2.75) is 71.2 Å². The van der Waals surface area contributed by atoms with Crippen LogP contribution < -0.4 is 0 Å². The number of carbonyl (C=O) groups excluding carboxylic acids is 2. The fraction of sp³-hybridized carbons (Fsp3) is 0.464. The minimum atomic E-state index is -1.02. The van der Waals surface area contributed by atoms with E-state index in [1.165, 1.54) is 9.80 Å². The monoisotopic (exact) mass is 564 g/mol. The molecule has 0 spiro atoms. The van der Waals surface area contributed by atoms with Gasteiger partial charge in [-0.25, -0.2) is 9.59 Å². The molecule has 2 amide bonds. The Morgan fingerprint density at radius 3 is 2.05 bits per heavy atom. The van der Waals surface area contributed by atoms with Crippen LogP contribution in [-0.4, -0.2) is 62.8 Å². The van der Waals surface area contributed by atoms with E-state index in [9.17, 15) is 19.5 Å². The average Bonchev–Trinajstić information content (AvgIpc) is 3.40. The predicted molar refractivity (Wildman–Crippen MR) is 146 cm³/mol. The van der Waals surface area contributed by atoms with E-state index in [1.54, 1.807) is 32.9 Å². The van der Waals surface area contributed by atoms with Crippen LogP contribution in [0.1, 0.15) is 68.0 Å². The molecule has 0 bridgehead atoms. The van der Waals surface area contributed by atoms with Gasteiger partial charge >= 0.3 is 12.2 Å². The fourth-order valence-electron chi connectivity index (χ4n) is 4.67. The number of aliphatic hydroxyl groups is 1. The van der Waals surface area contributed by atoms with E-state index in [2.05, 4.69) is 0 Å². The first-order chi connectivity index (χ1) is 17.7. The molecule has 3 atom stereocenters. The third-order valence-corrected chi connectivity index (χ3v) is 7.54. The van der Waals surface area contributed by atoms with Crippen molar-refractivity contribution in [3.8, 4) is 0 Å². The molecule has 10 heteroatoms. The van der Waals surface area contributed by atoms with Gasteiger partial charge in [-0.05, 0) is 57.7 Å². The molecule has 1 unspecified atom stereocenters. The third kappa shape index (κ3) is 6.60. The number of carbonyl (C=O) groups is 3. The number of nitrogens with zero attached hydrogens (tertiary/aromatic N) is 2. The fourth-order valence-corrected chi connectivity index (χ4v) is 5.14. The van der Waals surface area contributed by atoms with Crippen molar-refractivity contribution in [1.29, 1.82) is 0 Å². The number of likely N-dealkylation sites (tertiary alicyclic amines) is 2. The summed E-state index contributed by atoms with van der Waals surface area (Å²) in [5, 5.41) is 20.1. The number of aryl methyl sites for hydroxylation is 2. The van der Waals surface area contributed by atoms with Crippen molar-refractivity contribution < 1.29 is 29.3 Å². The number of amides is 2. The molecule has 2 N–H and O–H groups in total. The van der Waals surface area contributed by atoms with Crippen molar-refractivity contribution in [2.75, 3.05) is 13.1 Å². The van der Waals surface area contributed by atoms with E-state index in [1.807, 2.05) is 38.1 Å². The Morgan fingerprint density at radius 2 is 1.50 bits per heavy atom. The number of halogens is 2. The van der Waals surface area contributed by atoms with Crippen molar-refractivity contribution in [3.05, 3.63) is 68.7 Å². The van der Waals surface area contributed by atoms with Crippen molar-refractivity contribution in [1.82, 2.24) is 9.80 Å². The van der Waals surface area contributed by atoms with Gasteiger partial charge in [0.25, 0.3) is 0 Å². The number of benzene rings is 2. The summed E-state index contributed by atoms with van der Waals surface area (Å²) >= 11 is 12.5. The second-order valence-electron chi connectivity index (χ2n) is 10.5. The predicted octanol–water partition coefficient (Wildman–Crippen LogP) is 6.33. The van der Waals surface area contributed by atoms with Crippen LogP contribution in [0.4, 0.5) is 9.59 Å². The molecule has 2 aliphatic heterocycles. The number of hydrogen-bond donors (Lipinski definition) is 2. The number of rotatable bonds is 2. The van der Waals surface area contributed by atoms with Gasteiger partial charge in [-0.3, -0.25) is 14.6 Å². The highest BCUT2D eigenvalue weighted by Crippen LogP contribution is 2.38. The van der Waals surface area contributed by atoms with E-state index in [4.69, 9.17) is 33.0 Å². The Morgan fingerprint density at radius 1 is 0.947 bits per heavy atom. The standard InChI is InChI=1S/C16H20ClNO3.C12H14ClNO3/c1-10-6-5-7-11(13(10)17)14-12(19)8-9-18(14)15(20)21-16(2,3)4;1-7-3-2-4-8(10(7)13)11-9(15)5-6-14(11)12(16)17/h5-7,14H,8-9H2,1-4H3;2-4,9,11,15H,5-6H2,1H3,(H,16,17)/t14-;9-,11?/m11/s1. The van der Waals surface area contributed by atoms with Gasteiger partial charge in [0, 0.05) is 35.1 Å². The maximum absolute atomic E-state index is 12.3. The minimum Gasteiger partial charge on any atom is -0.465 e. The van der Waals surface area contributed by atoms with E-state index in [0.717, 1.165) is 11.1 Å². The smallest absolute Gasteiger partial charge is 0.411 e. The summed E-state index contributed by atoms with van der Waals surface area (Å²) in [6.07, 6.45) is -1.42. The Bertz CT molecular complexity index is 1210. The number of carboxylic acid groups (broad SMARTS) is 1. The molecule has 8 nitrogen and oxygen atoms in total. The maximum atomic E-state index is 12.3. The Labute approximate surface area is 233 Å². The first kappa shape index (κ1) is 29.7. The highest BCUT2D eigenvalue weighted by Gasteiger charge is 2.40. The largest absolute Gasteiger partial charge is 0.465 e. The highest BCUT2D eigenvalue weighted by molar-refractivity contribution is 6.32. The lowest BCUT2D eigenvalue weighted by molar-refractivity contribution is -0.120. The second-order valence-corrected chi connectivity index (χ2v) is 11.3. The number of ketones is 1. The SMILES string of the molecule is Cc1cccc(C2[C@H](O)CCN2C(=O)O)c1Cl.Cc1cccc([C@@H]2C(=O)CCN2C(=O)OC(C)(C)C)c1Cl. The molecular weight excluding hydrogens is 531 g/mol. The van der Waals surface area contributed by atoms with E-state index >= 15 is 0 Å². The van der Waals surface area contributed by atoms with Crippen molar-refractivity contribution in [3.63, 3.8) is 0 Å². The number of ether oxygens (including phenoxy) is 1. The molecule has 2 aromatic rings. The van der Waals surface area contributed by atoms with Gasteiger partial charge in [0.05, 0.1) is 12.1 Å². The van der Waals surface area contributed by atoms with Crippen LogP contribution in [0.3, 0.4) is 0 Å². The zero-order valence-corrected chi connectivity index (χ0v) is 23.7. The van der Waals surface area contributed by atoms with E-state index < -0.39 is 36.0 Å². The third-order valence-electron chi connectivity index (χ3n) is 6.51. The van der Waals surface area contributed by atoms with Crippen LogP contribution in [0.15, 0.2) is 36.4 Å². The summed E-state index contributed by atoms with van der Waals surface area (Å²) in [4.78, 5) is 38.3. The first-order valence-electron chi connectivity index (χ1n) is 12.4. The summed E-state index contributed by atoms with van der Waals surface area (Å²) < 4.78 is 5.38. The Hall–Kier alpha value is -2.81. The van der Waals surface area contributed by atoms with Crippen molar-refractivity contribution >= 4 is 41.2 Å². The topological polar surface area (TPSA) is 107 Å². The molecule has 2 aliphatic rings. The van der Waals surface area contributed by atoms with Crippen LogP contribution in [0.2, 0.25) is 10.0 Å². The summed E-state index contributed by atoms with van der Waals surface area (Å²) in [6, 6.07) is 9.76. The highest BCUT2D eigenvalue weighted by atomic mass is 35.5. The van der Waals surface area contributed by atoms with Gasteiger partial charge in [0.15, 0.2) is 5.78 Å². The van der Waals surface area contributed by atoms with Gasteiger partial charge in [0.2, 0.25) is 0 Å². The lowest BCUT2D eigenvalue weighted by atomic mass is 10.0. The molecule has 0 radical (unpaired) electrons. The maximum Gasteiger partial charge on any atom is 0.411 e. The molecule has 0 aliphatic carbocycles. The van der Waals surface area contributed by atoms with Crippen LogP contribution in [0, 0.1) is 13.8 Å². The van der Waals surface area contributed by atoms with Gasteiger partial charge < -0.3 is 14.9 Å². The summed E-state index contributed by atoms with van der Waals surface area (Å²) in [6.45, 7) is 9.85. The summed E-state index contributed by atoms with van der Waals surface area (Å²) in [5.41, 5.74) is 2.53. The molecule has 0 saturated carbocycles. The van der Waals surface area contributed by atoms with Gasteiger partial charge in [0.1, 0.15) is 11.6 Å². The van der Waals surface area contributed by atoms with Crippen LogP contribution >= 0.6 is 23.2 Å². The number of aliphatic hydroxyl groups excluding tert-OH is 1. The molecule has 4 rings (SSSR count). The first-order valence-corrected chi connectivity index (χ1v) is 13.2. The quantitative estimate of drug-likeness (QED) is 0.441. The zero-order valence-electron chi connectivity index (χ0n) is 22.2. The van der Waals surface area contributed by atoms with Gasteiger partial charge in [-0.1, -0.05) is 59.6 Å². The average molecular weight is 565 g/mol. The van der Waals surface area contributed by atoms with Gasteiger partial charge in [-0.15, -0.1) is 0 Å². The zero-order chi connectivity index (χ0) is 28.4. The van der Waals surface area contributed by atoms with Gasteiger partial charge in [-0.2, -0.15) is 0 Å². The second kappa shape index (κ2) is 11.9. The van der Waals surface area contributed by atoms with E-state index in [0.29, 0.717) is 47.1 Å². The normalized spacial score (nSPS) is 21.3. The summed E-state index contributed by atoms with van der Waals surface area (Å²) in [7, 11) is 0. The lowest BCUT2D eigenvalue weighted by Crippen LogP contribution is -2.37. The van der Waals surface area contributed by atoms with Crippen LogP contribution in [0.5, 0.6) is 0 Å². The lowest BCUT2D eigenvalue weighted by Gasteiger charge is -2.28. The summed E-state index contributed by atoms with van der Waals surface area (Å²) in [5.74, 6) is -0.00615. The molecule has 2 fully saturated rings. The molecular formula is C28H34Cl2N2O6. The minimum absolute atomic E-state index is 0.00615. The molecule has 0 aromatic heterocycles. The molecule has 38 heavy (non-hydrogen) atoms. The van der Waals surface area contributed by atoms with E-state index in [-0.39, 0.29) is 5.78 Å². The number of Topliss-reactive ketones (excluding diaryl/α,β-unsaturated/α-hetero) is 1. The van der Waals surface area contributed by atoms with Crippen LogP contribution in [0.25, 0.3) is 0 Å². The number of hydrogen-bond acceptors (Lipinski definition) is 5. The van der Waals surface area contributed by atoms with Crippen molar-refractivity contribution in [2.24, 2.45) is 0 Å². The molecule has 206 valence electrons.